The molecule has 0 aromatic heterocycles. The molecule has 3 nitrogen and oxygen atoms in total. The Morgan fingerprint density at radius 3 is 2.21 bits per heavy atom. The van der Waals surface area contributed by atoms with Crippen LogP contribution in [0.15, 0.2) is 0 Å². The van der Waals surface area contributed by atoms with Gasteiger partial charge in [0.2, 0.25) is 0 Å². The van der Waals surface area contributed by atoms with Gasteiger partial charge in [0, 0.05) is 25.2 Å². The first kappa shape index (κ1) is 12.0. The molecule has 0 aliphatic carbocycles. The van der Waals surface area contributed by atoms with Gasteiger partial charge in [-0.1, -0.05) is 13.8 Å². The van der Waals surface area contributed by atoms with E-state index >= 15 is 0 Å². The minimum atomic E-state index is -0.689. The molecule has 1 atom stereocenters. The highest BCUT2D eigenvalue weighted by Gasteiger charge is 2.44. The molecule has 0 aromatic carbocycles. The van der Waals surface area contributed by atoms with Gasteiger partial charge in [-0.25, -0.2) is 0 Å². The fraction of sp³-hybridized carbons (Fsp3) is 1.00. The van der Waals surface area contributed by atoms with Crippen LogP contribution in [0.25, 0.3) is 0 Å². The second kappa shape index (κ2) is 4.17. The van der Waals surface area contributed by atoms with E-state index in [0.29, 0.717) is 12.5 Å². The Morgan fingerprint density at radius 2 is 1.79 bits per heavy atom. The number of rotatable bonds is 3. The Morgan fingerprint density at radius 1 is 1.29 bits per heavy atom. The lowest BCUT2D eigenvalue weighted by Gasteiger charge is -2.46. The van der Waals surface area contributed by atoms with Gasteiger partial charge in [0.1, 0.15) is 0 Å². The predicted octanol–water partition coefficient (Wildman–Crippen LogP) is 1.15. The summed E-state index contributed by atoms with van der Waals surface area (Å²) < 4.78 is 5.30. The van der Waals surface area contributed by atoms with Gasteiger partial charge < -0.3 is 15.6 Å². The number of hydrogen-bond donors (Lipinski definition) is 2. The summed E-state index contributed by atoms with van der Waals surface area (Å²) in [6, 6.07) is 0. The van der Waals surface area contributed by atoms with Crippen LogP contribution >= 0.6 is 0 Å². The lowest BCUT2D eigenvalue weighted by molar-refractivity contribution is -0.120. The minimum absolute atomic E-state index is 0.227. The summed E-state index contributed by atoms with van der Waals surface area (Å²) in [4.78, 5) is 0. The largest absolute Gasteiger partial charge is 0.389 e. The van der Waals surface area contributed by atoms with Crippen molar-refractivity contribution in [3.8, 4) is 0 Å². The van der Waals surface area contributed by atoms with Crippen LogP contribution in [0.3, 0.4) is 0 Å². The fourth-order valence-corrected chi connectivity index (χ4v) is 2.02. The summed E-state index contributed by atoms with van der Waals surface area (Å²) in [6.07, 6.45) is 1.88. The molecule has 1 heterocycles. The van der Waals surface area contributed by atoms with Gasteiger partial charge in [0.25, 0.3) is 0 Å². The first-order valence-electron chi connectivity index (χ1n) is 5.42. The molecule has 84 valence electrons. The van der Waals surface area contributed by atoms with E-state index in [0.717, 1.165) is 26.1 Å². The number of hydrogen-bond acceptors (Lipinski definition) is 3. The monoisotopic (exact) mass is 201 g/mol. The molecular weight excluding hydrogens is 178 g/mol. The van der Waals surface area contributed by atoms with Crippen molar-refractivity contribution in [2.75, 3.05) is 19.8 Å². The molecule has 3 N–H and O–H groups in total. The predicted molar refractivity (Wildman–Crippen MR) is 57.0 cm³/mol. The Hall–Kier alpha value is -0.120. The third kappa shape index (κ3) is 2.10. The summed E-state index contributed by atoms with van der Waals surface area (Å²) in [7, 11) is 0. The second-order valence-corrected chi connectivity index (χ2v) is 5.12. The standard InChI is InChI=1S/C11H23NO2/c1-10(2,8-12)11(3,13)9-4-6-14-7-5-9/h9,13H,4-8,12H2,1-3H3. The van der Waals surface area contributed by atoms with Gasteiger partial charge in [-0.05, 0) is 25.7 Å². The number of aliphatic hydroxyl groups is 1. The van der Waals surface area contributed by atoms with Crippen LogP contribution in [-0.4, -0.2) is 30.5 Å². The normalized spacial score (nSPS) is 24.6. The van der Waals surface area contributed by atoms with Gasteiger partial charge in [-0.2, -0.15) is 0 Å². The van der Waals surface area contributed by atoms with Crippen molar-refractivity contribution in [1.29, 1.82) is 0 Å². The number of nitrogens with two attached hydrogens (primary N) is 1. The Kier molecular flexibility index (Phi) is 3.56. The highest BCUT2D eigenvalue weighted by Crippen LogP contribution is 2.40. The molecule has 0 aromatic rings. The summed E-state index contributed by atoms with van der Waals surface area (Å²) in [5, 5.41) is 10.5. The Bertz CT molecular complexity index is 184. The van der Waals surface area contributed by atoms with Crippen molar-refractivity contribution in [3.63, 3.8) is 0 Å². The van der Waals surface area contributed by atoms with Crippen molar-refractivity contribution in [2.45, 2.75) is 39.2 Å². The highest BCUT2D eigenvalue weighted by atomic mass is 16.5. The fourth-order valence-electron chi connectivity index (χ4n) is 2.02. The van der Waals surface area contributed by atoms with E-state index in [4.69, 9.17) is 10.5 Å². The molecule has 1 aliphatic heterocycles. The van der Waals surface area contributed by atoms with Crippen LogP contribution in [0.1, 0.15) is 33.6 Å². The molecule has 1 fully saturated rings. The maximum atomic E-state index is 10.5. The molecule has 1 aliphatic rings. The molecule has 14 heavy (non-hydrogen) atoms. The molecule has 0 spiro atoms. The van der Waals surface area contributed by atoms with Gasteiger partial charge in [0.05, 0.1) is 5.60 Å². The Labute approximate surface area is 86.6 Å². The van der Waals surface area contributed by atoms with E-state index in [2.05, 4.69) is 0 Å². The zero-order chi connectivity index (χ0) is 10.8. The van der Waals surface area contributed by atoms with Crippen LogP contribution < -0.4 is 5.73 Å². The SMILES string of the molecule is CC(C)(CN)C(C)(O)C1CCOCC1. The van der Waals surface area contributed by atoms with Gasteiger partial charge >= 0.3 is 0 Å². The van der Waals surface area contributed by atoms with Crippen LogP contribution in [-0.2, 0) is 4.74 Å². The van der Waals surface area contributed by atoms with E-state index in [-0.39, 0.29) is 5.41 Å². The smallest absolute Gasteiger partial charge is 0.0712 e. The van der Waals surface area contributed by atoms with E-state index in [1.54, 1.807) is 0 Å². The van der Waals surface area contributed by atoms with Gasteiger partial charge in [-0.3, -0.25) is 0 Å². The third-order valence-electron chi connectivity index (χ3n) is 3.90. The van der Waals surface area contributed by atoms with Crippen LogP contribution in [0, 0.1) is 11.3 Å². The van der Waals surface area contributed by atoms with E-state index < -0.39 is 5.60 Å². The van der Waals surface area contributed by atoms with Gasteiger partial charge in [-0.15, -0.1) is 0 Å². The van der Waals surface area contributed by atoms with E-state index in [1.165, 1.54) is 0 Å². The van der Waals surface area contributed by atoms with Crippen LogP contribution in [0.4, 0.5) is 0 Å². The first-order chi connectivity index (χ1) is 6.42. The summed E-state index contributed by atoms with van der Waals surface area (Å²) in [5.41, 5.74) is 4.79. The van der Waals surface area contributed by atoms with Crippen LogP contribution in [0.2, 0.25) is 0 Å². The lowest BCUT2D eigenvalue weighted by atomic mass is 9.66. The van der Waals surface area contributed by atoms with Crippen LogP contribution in [0.5, 0.6) is 0 Å². The van der Waals surface area contributed by atoms with E-state index in [1.807, 2.05) is 20.8 Å². The maximum Gasteiger partial charge on any atom is 0.0712 e. The van der Waals surface area contributed by atoms with Crippen molar-refractivity contribution in [1.82, 2.24) is 0 Å². The molecule has 1 rings (SSSR count). The lowest BCUT2D eigenvalue weighted by Crippen LogP contribution is -2.53. The summed E-state index contributed by atoms with van der Waals surface area (Å²) >= 11 is 0. The molecule has 0 saturated carbocycles. The Balaban J connectivity index is 2.71. The molecule has 3 heteroatoms. The zero-order valence-corrected chi connectivity index (χ0v) is 9.55. The average molecular weight is 201 g/mol. The number of ether oxygens (including phenoxy) is 1. The quantitative estimate of drug-likeness (QED) is 0.720. The summed E-state index contributed by atoms with van der Waals surface area (Å²) in [6.45, 7) is 8.01. The van der Waals surface area contributed by atoms with E-state index in [9.17, 15) is 5.11 Å². The molecule has 0 amide bonds. The summed E-state index contributed by atoms with van der Waals surface area (Å²) in [5.74, 6) is 0.315. The molecule has 0 radical (unpaired) electrons. The second-order valence-electron chi connectivity index (χ2n) is 5.12. The van der Waals surface area contributed by atoms with Crippen molar-refractivity contribution >= 4 is 0 Å². The van der Waals surface area contributed by atoms with Crippen molar-refractivity contribution < 1.29 is 9.84 Å². The zero-order valence-electron chi connectivity index (χ0n) is 9.55. The first-order valence-corrected chi connectivity index (χ1v) is 5.42. The molecule has 0 bridgehead atoms. The minimum Gasteiger partial charge on any atom is -0.389 e. The van der Waals surface area contributed by atoms with Crippen molar-refractivity contribution in [2.24, 2.45) is 17.1 Å². The topological polar surface area (TPSA) is 55.5 Å². The molecule has 1 unspecified atom stereocenters. The van der Waals surface area contributed by atoms with Crippen molar-refractivity contribution in [3.05, 3.63) is 0 Å². The van der Waals surface area contributed by atoms with Gasteiger partial charge in [0.15, 0.2) is 0 Å². The maximum absolute atomic E-state index is 10.5. The average Bonchev–Trinajstić information content (AvgIpc) is 2.19. The molecular formula is C11H23NO2. The highest BCUT2D eigenvalue weighted by molar-refractivity contribution is 4.96. The third-order valence-corrected chi connectivity index (χ3v) is 3.90. The molecule has 1 saturated heterocycles.